The number of carbonyl (C=O) groups is 2. The van der Waals surface area contributed by atoms with Crippen molar-refractivity contribution in [2.75, 3.05) is 19.8 Å². The smallest absolute Gasteiger partial charge is 0.461 e. The minimum atomic E-state index is -0.679. The highest BCUT2D eigenvalue weighted by Gasteiger charge is 2.34. The average Bonchev–Trinajstić information content (AvgIpc) is 2.41. The highest BCUT2D eigenvalue weighted by atomic mass is 16.7. The topological polar surface area (TPSA) is 61.8 Å². The van der Waals surface area contributed by atoms with Gasteiger partial charge in [-0.2, -0.15) is 0 Å². The number of ether oxygens (including phenoxy) is 3. The Morgan fingerprint density at radius 3 is 2.50 bits per heavy atom. The lowest BCUT2D eigenvalue weighted by atomic mass is 9.94. The lowest BCUT2D eigenvalue weighted by Gasteiger charge is -2.31. The predicted octanol–water partition coefficient (Wildman–Crippen LogP) is 2.02. The minimum Gasteiger partial charge on any atom is -0.461 e. The molecule has 1 heterocycles. The summed E-state index contributed by atoms with van der Waals surface area (Å²) in [6, 6.07) is 8.73. The molecule has 0 atom stereocenters. The zero-order chi connectivity index (χ0) is 13.0. The van der Waals surface area contributed by atoms with Crippen LogP contribution in [0.4, 0.5) is 4.79 Å². The number of hydrogen-bond donors (Lipinski definition) is 0. The summed E-state index contributed by atoms with van der Waals surface area (Å²) in [6.07, 6.45) is -0.679. The first-order valence-electron chi connectivity index (χ1n) is 5.61. The lowest BCUT2D eigenvalue weighted by Crippen LogP contribution is -2.41. The molecule has 0 N–H and O–H groups in total. The molecule has 5 heteroatoms. The first-order chi connectivity index (χ1) is 8.59. The van der Waals surface area contributed by atoms with Crippen LogP contribution in [0.3, 0.4) is 0 Å². The van der Waals surface area contributed by atoms with Crippen molar-refractivity contribution in [3.05, 3.63) is 35.9 Å². The quantitative estimate of drug-likeness (QED) is 0.768. The molecule has 0 aliphatic carbocycles. The molecule has 1 aromatic carbocycles. The van der Waals surface area contributed by atoms with E-state index in [0.29, 0.717) is 5.56 Å². The van der Waals surface area contributed by atoms with Crippen LogP contribution in [0.1, 0.15) is 17.3 Å². The van der Waals surface area contributed by atoms with Crippen LogP contribution in [0, 0.1) is 5.41 Å². The molecule has 0 amide bonds. The Hall–Kier alpha value is -2.04. The monoisotopic (exact) mass is 250 g/mol. The van der Waals surface area contributed by atoms with Gasteiger partial charge in [0.1, 0.15) is 19.8 Å². The summed E-state index contributed by atoms with van der Waals surface area (Å²) in [5.74, 6) is -0.395. The number of esters is 1. The maximum atomic E-state index is 11.7. The standard InChI is InChI=1S/C13H14O5/c1-13(8-17-12(15)18-9-13)7-16-11(14)10-5-3-2-4-6-10/h2-6H,7-9H2,1H3. The number of carbonyl (C=O) groups excluding carboxylic acids is 2. The van der Waals surface area contributed by atoms with Crippen molar-refractivity contribution in [3.63, 3.8) is 0 Å². The van der Waals surface area contributed by atoms with E-state index >= 15 is 0 Å². The largest absolute Gasteiger partial charge is 0.508 e. The normalized spacial score (nSPS) is 17.5. The third kappa shape index (κ3) is 3.00. The van der Waals surface area contributed by atoms with E-state index in [1.807, 2.05) is 13.0 Å². The fraction of sp³-hybridized carbons (Fsp3) is 0.385. The van der Waals surface area contributed by atoms with E-state index in [-0.39, 0.29) is 19.8 Å². The predicted molar refractivity (Wildman–Crippen MR) is 62.1 cm³/mol. The van der Waals surface area contributed by atoms with Crippen molar-refractivity contribution >= 4 is 12.1 Å². The molecular weight excluding hydrogens is 236 g/mol. The summed E-state index contributed by atoms with van der Waals surface area (Å²) >= 11 is 0. The van der Waals surface area contributed by atoms with Crippen molar-refractivity contribution in [2.24, 2.45) is 5.41 Å². The van der Waals surface area contributed by atoms with Gasteiger partial charge in [-0.3, -0.25) is 0 Å². The molecule has 0 spiro atoms. The van der Waals surface area contributed by atoms with Crippen LogP contribution < -0.4 is 0 Å². The second kappa shape index (κ2) is 5.08. The molecule has 1 aliphatic heterocycles. The van der Waals surface area contributed by atoms with Crippen LogP contribution >= 0.6 is 0 Å². The van der Waals surface area contributed by atoms with Crippen LogP contribution in [0.15, 0.2) is 30.3 Å². The zero-order valence-electron chi connectivity index (χ0n) is 10.0. The Balaban J connectivity index is 1.88. The Labute approximate surface area is 105 Å². The van der Waals surface area contributed by atoms with Crippen LogP contribution in [0.25, 0.3) is 0 Å². The minimum absolute atomic E-state index is 0.147. The molecular formula is C13H14O5. The molecule has 0 unspecified atom stereocenters. The van der Waals surface area contributed by atoms with E-state index in [0.717, 1.165) is 0 Å². The second-order valence-corrected chi connectivity index (χ2v) is 4.58. The van der Waals surface area contributed by atoms with E-state index in [1.54, 1.807) is 24.3 Å². The van der Waals surface area contributed by atoms with Gasteiger partial charge in [0.2, 0.25) is 0 Å². The number of benzene rings is 1. The van der Waals surface area contributed by atoms with Crippen LogP contribution in [-0.4, -0.2) is 31.9 Å². The Kier molecular flexibility index (Phi) is 3.50. The zero-order valence-corrected chi connectivity index (χ0v) is 10.0. The third-order valence-corrected chi connectivity index (χ3v) is 2.64. The second-order valence-electron chi connectivity index (χ2n) is 4.58. The fourth-order valence-electron chi connectivity index (χ4n) is 1.53. The SMILES string of the molecule is CC1(COC(=O)c2ccccc2)COC(=O)OC1. The van der Waals surface area contributed by atoms with Crippen LogP contribution in [0.5, 0.6) is 0 Å². The maximum Gasteiger partial charge on any atom is 0.508 e. The molecule has 1 fully saturated rings. The Bertz CT molecular complexity index is 430. The van der Waals surface area contributed by atoms with Gasteiger partial charge in [-0.15, -0.1) is 0 Å². The summed E-state index contributed by atoms with van der Waals surface area (Å²) in [4.78, 5) is 22.5. The van der Waals surface area contributed by atoms with Gasteiger partial charge >= 0.3 is 12.1 Å². The van der Waals surface area contributed by atoms with Gasteiger partial charge in [0, 0.05) is 0 Å². The summed E-state index contributed by atoms with van der Waals surface area (Å²) < 4.78 is 14.8. The third-order valence-electron chi connectivity index (χ3n) is 2.64. The van der Waals surface area contributed by atoms with Crippen LogP contribution in [0.2, 0.25) is 0 Å². The van der Waals surface area contributed by atoms with E-state index in [1.165, 1.54) is 0 Å². The average molecular weight is 250 g/mol. The van der Waals surface area contributed by atoms with Crippen molar-refractivity contribution in [2.45, 2.75) is 6.92 Å². The number of hydrogen-bond acceptors (Lipinski definition) is 5. The van der Waals surface area contributed by atoms with Gasteiger partial charge < -0.3 is 14.2 Å². The van der Waals surface area contributed by atoms with E-state index in [9.17, 15) is 9.59 Å². The van der Waals surface area contributed by atoms with E-state index in [4.69, 9.17) is 14.2 Å². The molecule has 0 radical (unpaired) electrons. The summed E-state index contributed by atoms with van der Waals surface area (Å²) in [6.45, 7) is 2.35. The van der Waals surface area contributed by atoms with E-state index < -0.39 is 17.5 Å². The molecule has 1 aromatic rings. The highest BCUT2D eigenvalue weighted by Crippen LogP contribution is 2.23. The Morgan fingerprint density at radius 2 is 1.89 bits per heavy atom. The van der Waals surface area contributed by atoms with Gasteiger partial charge in [-0.1, -0.05) is 18.2 Å². The molecule has 2 rings (SSSR count). The summed E-state index contributed by atoms with van der Waals surface area (Å²) in [7, 11) is 0. The molecule has 1 aliphatic rings. The molecule has 96 valence electrons. The summed E-state index contributed by atoms with van der Waals surface area (Å²) in [5.41, 5.74) is 0.00746. The molecule has 1 saturated heterocycles. The Morgan fingerprint density at radius 1 is 1.28 bits per heavy atom. The van der Waals surface area contributed by atoms with Gasteiger partial charge in [-0.05, 0) is 19.1 Å². The first-order valence-corrected chi connectivity index (χ1v) is 5.61. The first kappa shape index (κ1) is 12.4. The molecule has 5 nitrogen and oxygen atoms in total. The lowest BCUT2D eigenvalue weighted by molar-refractivity contribution is -0.0755. The van der Waals surface area contributed by atoms with Crippen molar-refractivity contribution in [1.82, 2.24) is 0 Å². The number of cyclic esters (lactones) is 2. The van der Waals surface area contributed by atoms with Crippen molar-refractivity contribution in [3.8, 4) is 0 Å². The molecule has 0 saturated carbocycles. The van der Waals surface area contributed by atoms with Gasteiger partial charge in [0.05, 0.1) is 11.0 Å². The summed E-state index contributed by atoms with van der Waals surface area (Å²) in [5, 5.41) is 0. The fourth-order valence-corrected chi connectivity index (χ4v) is 1.53. The van der Waals surface area contributed by atoms with Gasteiger partial charge in [-0.25, -0.2) is 9.59 Å². The van der Waals surface area contributed by atoms with Gasteiger partial charge in [0.25, 0.3) is 0 Å². The molecule has 0 bridgehead atoms. The van der Waals surface area contributed by atoms with Crippen LogP contribution in [-0.2, 0) is 14.2 Å². The van der Waals surface area contributed by atoms with E-state index in [2.05, 4.69) is 0 Å². The number of rotatable bonds is 3. The highest BCUT2D eigenvalue weighted by molar-refractivity contribution is 5.89. The van der Waals surface area contributed by atoms with Crippen molar-refractivity contribution < 1.29 is 23.8 Å². The van der Waals surface area contributed by atoms with Gasteiger partial charge in [0.15, 0.2) is 0 Å². The molecule has 0 aromatic heterocycles. The maximum absolute atomic E-state index is 11.7. The molecule has 18 heavy (non-hydrogen) atoms. The van der Waals surface area contributed by atoms with Crippen molar-refractivity contribution in [1.29, 1.82) is 0 Å².